The molecule has 1 heteroatoms. The monoisotopic (exact) mass is 158 g/mol. The van der Waals surface area contributed by atoms with Crippen LogP contribution in [0.3, 0.4) is 0 Å². The molecule has 1 rings (SSSR count). The van der Waals surface area contributed by atoms with E-state index >= 15 is 0 Å². The summed E-state index contributed by atoms with van der Waals surface area (Å²) >= 11 is 0. The van der Waals surface area contributed by atoms with Gasteiger partial charge in [0.05, 0.1) is 0 Å². The molecule has 12 heavy (non-hydrogen) atoms. The first-order chi connectivity index (χ1) is 5.81. The van der Waals surface area contributed by atoms with E-state index in [0.717, 1.165) is 18.3 Å². The molecule has 0 aliphatic rings. The van der Waals surface area contributed by atoms with Crippen molar-refractivity contribution in [2.24, 2.45) is 0 Å². The number of aldehydes is 1. The normalized spacial score (nSPS) is 9.00. The summed E-state index contributed by atoms with van der Waals surface area (Å²) in [5, 5.41) is 0. The molecule has 0 aliphatic heterocycles. The molecule has 0 heterocycles. The fraction of sp³-hybridized carbons (Fsp3) is 0.182. The molecule has 0 N–H and O–H groups in total. The first-order valence-electron chi connectivity index (χ1n) is 3.86. The zero-order valence-corrected chi connectivity index (χ0v) is 7.00. The van der Waals surface area contributed by atoms with E-state index in [9.17, 15) is 4.79 Å². The van der Waals surface area contributed by atoms with Crippen LogP contribution in [0, 0.1) is 12.3 Å². The molecule has 60 valence electrons. The summed E-state index contributed by atoms with van der Waals surface area (Å²) in [4.78, 5) is 10.6. The third-order valence-electron chi connectivity index (χ3n) is 1.81. The molecule has 0 unspecified atom stereocenters. The van der Waals surface area contributed by atoms with Gasteiger partial charge in [0, 0.05) is 11.1 Å². The van der Waals surface area contributed by atoms with Crippen LogP contribution in [0.25, 0.3) is 0 Å². The minimum atomic E-state index is 0.608. The van der Waals surface area contributed by atoms with E-state index < -0.39 is 0 Å². The molecule has 0 saturated carbocycles. The van der Waals surface area contributed by atoms with Crippen molar-refractivity contribution < 1.29 is 4.79 Å². The van der Waals surface area contributed by atoms with E-state index in [0.29, 0.717) is 11.1 Å². The standard InChI is InChI=1S/C11H10O/c1-3-9-5-6-10(4-2)11(7-9)8-12/h2,5-8H,3H2,1H3. The molecule has 1 nitrogen and oxygen atoms in total. The van der Waals surface area contributed by atoms with Crippen molar-refractivity contribution in [1.82, 2.24) is 0 Å². The van der Waals surface area contributed by atoms with E-state index in [1.54, 1.807) is 0 Å². The van der Waals surface area contributed by atoms with Gasteiger partial charge in [-0.25, -0.2) is 0 Å². The molecule has 0 aromatic heterocycles. The van der Waals surface area contributed by atoms with Gasteiger partial charge < -0.3 is 0 Å². The summed E-state index contributed by atoms with van der Waals surface area (Å²) in [6.45, 7) is 2.04. The summed E-state index contributed by atoms with van der Waals surface area (Å²) in [7, 11) is 0. The van der Waals surface area contributed by atoms with Gasteiger partial charge in [0.2, 0.25) is 0 Å². The van der Waals surface area contributed by atoms with Gasteiger partial charge >= 0.3 is 0 Å². The van der Waals surface area contributed by atoms with Crippen molar-refractivity contribution in [2.75, 3.05) is 0 Å². The molecule has 0 atom stereocenters. The molecule has 0 saturated heterocycles. The molecule has 0 radical (unpaired) electrons. The Morgan fingerprint density at radius 1 is 1.58 bits per heavy atom. The number of benzene rings is 1. The molecule has 1 aromatic rings. The number of carbonyl (C=O) groups excluding carboxylic acids is 1. The van der Waals surface area contributed by atoms with Crippen LogP contribution in [0.4, 0.5) is 0 Å². The topological polar surface area (TPSA) is 17.1 Å². The van der Waals surface area contributed by atoms with E-state index in [1.165, 1.54) is 0 Å². The van der Waals surface area contributed by atoms with Gasteiger partial charge in [0.25, 0.3) is 0 Å². The molecule has 0 fully saturated rings. The summed E-state index contributed by atoms with van der Waals surface area (Å²) in [5.74, 6) is 2.47. The molecule has 1 aromatic carbocycles. The SMILES string of the molecule is C#Cc1ccc(CC)cc1C=O. The third kappa shape index (κ3) is 1.54. The Morgan fingerprint density at radius 3 is 2.83 bits per heavy atom. The van der Waals surface area contributed by atoms with Gasteiger partial charge in [-0.1, -0.05) is 18.9 Å². The highest BCUT2D eigenvalue weighted by Gasteiger charge is 1.98. The second-order valence-corrected chi connectivity index (χ2v) is 2.54. The second-order valence-electron chi connectivity index (χ2n) is 2.54. The first-order valence-corrected chi connectivity index (χ1v) is 3.86. The van der Waals surface area contributed by atoms with Crippen LogP contribution >= 0.6 is 0 Å². The van der Waals surface area contributed by atoms with Gasteiger partial charge in [-0.05, 0) is 24.1 Å². The van der Waals surface area contributed by atoms with Crippen molar-refractivity contribution >= 4 is 6.29 Å². The highest BCUT2D eigenvalue weighted by molar-refractivity contribution is 5.79. The van der Waals surface area contributed by atoms with Crippen LogP contribution < -0.4 is 0 Å². The van der Waals surface area contributed by atoms with Crippen LogP contribution in [-0.4, -0.2) is 6.29 Å². The fourth-order valence-corrected chi connectivity index (χ4v) is 1.06. The highest BCUT2D eigenvalue weighted by Crippen LogP contribution is 2.09. The van der Waals surface area contributed by atoms with Crippen molar-refractivity contribution in [3.8, 4) is 12.3 Å². The minimum Gasteiger partial charge on any atom is -0.298 e. The molecular weight excluding hydrogens is 148 g/mol. The number of carbonyl (C=O) groups is 1. The van der Waals surface area contributed by atoms with Gasteiger partial charge in [-0.2, -0.15) is 0 Å². The van der Waals surface area contributed by atoms with Gasteiger partial charge in [-0.15, -0.1) is 6.42 Å². The maximum Gasteiger partial charge on any atom is 0.151 e. The van der Waals surface area contributed by atoms with Crippen molar-refractivity contribution in [2.45, 2.75) is 13.3 Å². The average molecular weight is 158 g/mol. The Bertz CT molecular complexity index is 331. The molecule has 0 amide bonds. The Labute approximate surface area is 72.4 Å². The highest BCUT2D eigenvalue weighted by atomic mass is 16.1. The summed E-state index contributed by atoms with van der Waals surface area (Å²) in [6, 6.07) is 5.59. The maximum absolute atomic E-state index is 10.6. The number of aryl methyl sites for hydroxylation is 1. The van der Waals surface area contributed by atoms with Crippen LogP contribution in [0.1, 0.15) is 28.4 Å². The van der Waals surface area contributed by atoms with E-state index in [4.69, 9.17) is 6.42 Å². The third-order valence-corrected chi connectivity index (χ3v) is 1.81. The largest absolute Gasteiger partial charge is 0.298 e. The molecule has 0 bridgehead atoms. The number of rotatable bonds is 2. The maximum atomic E-state index is 10.6. The Morgan fingerprint density at radius 2 is 2.33 bits per heavy atom. The molecular formula is C11H10O. The Kier molecular flexibility index (Phi) is 2.66. The van der Waals surface area contributed by atoms with E-state index in [2.05, 4.69) is 5.92 Å². The minimum absolute atomic E-state index is 0.608. The summed E-state index contributed by atoms with van der Waals surface area (Å²) in [6.07, 6.45) is 6.93. The zero-order chi connectivity index (χ0) is 8.97. The van der Waals surface area contributed by atoms with E-state index in [-0.39, 0.29) is 0 Å². The predicted molar refractivity (Wildman–Crippen MR) is 49.1 cm³/mol. The fourth-order valence-electron chi connectivity index (χ4n) is 1.06. The summed E-state index contributed by atoms with van der Waals surface area (Å²) in [5.41, 5.74) is 2.41. The van der Waals surface area contributed by atoms with Crippen molar-refractivity contribution in [3.63, 3.8) is 0 Å². The number of hydrogen-bond acceptors (Lipinski definition) is 1. The number of hydrogen-bond donors (Lipinski definition) is 0. The van der Waals surface area contributed by atoms with Crippen molar-refractivity contribution in [3.05, 3.63) is 34.9 Å². The van der Waals surface area contributed by atoms with E-state index in [1.807, 2.05) is 25.1 Å². The van der Waals surface area contributed by atoms with Crippen LogP contribution in [0.15, 0.2) is 18.2 Å². The van der Waals surface area contributed by atoms with Crippen LogP contribution in [0.5, 0.6) is 0 Å². The lowest BCUT2D eigenvalue weighted by Gasteiger charge is -1.99. The lowest BCUT2D eigenvalue weighted by molar-refractivity contribution is 0.112. The lowest BCUT2D eigenvalue weighted by Crippen LogP contribution is -1.89. The molecule has 0 spiro atoms. The average Bonchev–Trinajstić information content (AvgIpc) is 2.16. The van der Waals surface area contributed by atoms with Crippen LogP contribution in [-0.2, 0) is 6.42 Å². The lowest BCUT2D eigenvalue weighted by atomic mass is 10.0. The predicted octanol–water partition coefficient (Wildman–Crippen LogP) is 2.04. The Hall–Kier alpha value is -1.55. The smallest absolute Gasteiger partial charge is 0.151 e. The Balaban J connectivity index is 3.21. The van der Waals surface area contributed by atoms with Crippen molar-refractivity contribution in [1.29, 1.82) is 0 Å². The van der Waals surface area contributed by atoms with Crippen LogP contribution in [0.2, 0.25) is 0 Å². The second kappa shape index (κ2) is 3.73. The first kappa shape index (κ1) is 8.55. The zero-order valence-electron chi connectivity index (χ0n) is 7.00. The van der Waals surface area contributed by atoms with Gasteiger partial charge in [-0.3, -0.25) is 4.79 Å². The number of terminal acetylenes is 1. The summed E-state index contributed by atoms with van der Waals surface area (Å²) < 4.78 is 0. The van der Waals surface area contributed by atoms with Gasteiger partial charge in [0.1, 0.15) is 0 Å². The quantitative estimate of drug-likeness (QED) is 0.475. The molecule has 0 aliphatic carbocycles. The van der Waals surface area contributed by atoms with Gasteiger partial charge in [0.15, 0.2) is 6.29 Å².